The number of nitrogens with zero attached hydrogens (tertiary/aromatic N) is 3. The van der Waals surface area contributed by atoms with Crippen LogP contribution < -0.4 is 10.6 Å². The Bertz CT molecular complexity index is 996. The Balaban J connectivity index is 1.77. The van der Waals surface area contributed by atoms with E-state index in [2.05, 4.69) is 26.7 Å². The maximum atomic E-state index is 12.4. The molecule has 1 aromatic heterocycles. The Hall–Kier alpha value is -3.14. The first-order valence-electron chi connectivity index (χ1n) is 7.40. The van der Waals surface area contributed by atoms with E-state index in [-0.39, 0.29) is 5.69 Å². The van der Waals surface area contributed by atoms with Crippen LogP contribution in [-0.4, -0.2) is 15.9 Å². The zero-order chi connectivity index (χ0) is 18.5. The van der Waals surface area contributed by atoms with E-state index in [1.165, 1.54) is 12.4 Å². The van der Waals surface area contributed by atoms with Gasteiger partial charge in [-0.2, -0.15) is 5.26 Å². The molecule has 6 nitrogen and oxygen atoms in total. The molecule has 3 rings (SSSR count). The lowest BCUT2D eigenvalue weighted by molar-refractivity contribution is 0.102. The van der Waals surface area contributed by atoms with Gasteiger partial charge in [0.2, 0.25) is 0 Å². The molecule has 2 N–H and O–H groups in total. The molecular weight excluding hydrogens is 373 g/mol. The number of amides is 1. The minimum Gasteiger partial charge on any atom is -0.340 e. The van der Waals surface area contributed by atoms with Crippen molar-refractivity contribution in [3.8, 4) is 6.07 Å². The van der Waals surface area contributed by atoms with Crippen molar-refractivity contribution in [3.05, 3.63) is 76.2 Å². The van der Waals surface area contributed by atoms with Gasteiger partial charge in [-0.1, -0.05) is 29.3 Å². The summed E-state index contributed by atoms with van der Waals surface area (Å²) in [6.45, 7) is 0. The van der Waals surface area contributed by atoms with Gasteiger partial charge in [-0.15, -0.1) is 0 Å². The lowest BCUT2D eigenvalue weighted by atomic mass is 10.2. The van der Waals surface area contributed by atoms with Crippen molar-refractivity contribution in [2.45, 2.75) is 0 Å². The molecule has 0 radical (unpaired) electrons. The van der Waals surface area contributed by atoms with Crippen molar-refractivity contribution >= 4 is 46.3 Å². The Kier molecular flexibility index (Phi) is 5.32. The van der Waals surface area contributed by atoms with Crippen molar-refractivity contribution in [2.24, 2.45) is 0 Å². The van der Waals surface area contributed by atoms with Crippen LogP contribution in [0.4, 0.5) is 17.2 Å². The maximum Gasteiger partial charge on any atom is 0.274 e. The number of hydrogen-bond acceptors (Lipinski definition) is 5. The summed E-state index contributed by atoms with van der Waals surface area (Å²) in [6, 6.07) is 15.2. The van der Waals surface area contributed by atoms with Crippen LogP contribution in [0.3, 0.4) is 0 Å². The molecule has 1 amide bonds. The van der Waals surface area contributed by atoms with Gasteiger partial charge in [0.15, 0.2) is 0 Å². The van der Waals surface area contributed by atoms with E-state index in [4.69, 9.17) is 28.5 Å². The predicted molar refractivity (Wildman–Crippen MR) is 101 cm³/mol. The monoisotopic (exact) mass is 383 g/mol. The predicted octanol–water partition coefficient (Wildman–Crippen LogP) is 4.65. The van der Waals surface area contributed by atoms with Crippen LogP contribution in [0.2, 0.25) is 10.0 Å². The van der Waals surface area contributed by atoms with Crippen molar-refractivity contribution in [3.63, 3.8) is 0 Å². The molecule has 0 atom stereocenters. The number of nitriles is 1. The number of rotatable bonds is 4. The third-order valence-corrected chi connectivity index (χ3v) is 3.72. The first kappa shape index (κ1) is 17.7. The number of benzene rings is 2. The summed E-state index contributed by atoms with van der Waals surface area (Å²) in [4.78, 5) is 20.4. The topological polar surface area (TPSA) is 90.7 Å². The van der Waals surface area contributed by atoms with Crippen LogP contribution in [0, 0.1) is 11.3 Å². The van der Waals surface area contributed by atoms with Crippen molar-refractivity contribution < 1.29 is 4.79 Å². The van der Waals surface area contributed by atoms with Gasteiger partial charge in [-0.3, -0.25) is 4.79 Å². The average molecular weight is 384 g/mol. The SMILES string of the molecule is N#Cc1cccc(Nc2cc(C(=O)Nc3cc(Cl)cc(Cl)c3)ncn2)c1. The van der Waals surface area contributed by atoms with Gasteiger partial charge in [0, 0.05) is 27.5 Å². The Morgan fingerprint density at radius 3 is 2.50 bits per heavy atom. The fourth-order valence-electron chi connectivity index (χ4n) is 2.19. The summed E-state index contributed by atoms with van der Waals surface area (Å²) in [5.41, 5.74) is 1.81. The molecule has 0 aliphatic carbocycles. The van der Waals surface area contributed by atoms with Crippen molar-refractivity contribution in [1.82, 2.24) is 9.97 Å². The summed E-state index contributed by atoms with van der Waals surface area (Å²) < 4.78 is 0. The highest BCUT2D eigenvalue weighted by atomic mass is 35.5. The van der Waals surface area contributed by atoms with E-state index < -0.39 is 5.91 Å². The van der Waals surface area contributed by atoms with E-state index in [1.54, 1.807) is 42.5 Å². The first-order chi connectivity index (χ1) is 12.5. The molecule has 128 valence electrons. The van der Waals surface area contributed by atoms with Gasteiger partial charge < -0.3 is 10.6 Å². The summed E-state index contributed by atoms with van der Waals surface area (Å²) >= 11 is 11.9. The highest BCUT2D eigenvalue weighted by molar-refractivity contribution is 6.35. The number of halogens is 2. The van der Waals surface area contributed by atoms with Crippen LogP contribution in [0.1, 0.15) is 16.1 Å². The Morgan fingerprint density at radius 2 is 1.77 bits per heavy atom. The molecule has 3 aromatic rings. The van der Waals surface area contributed by atoms with Gasteiger partial charge in [0.05, 0.1) is 11.6 Å². The third kappa shape index (κ3) is 4.48. The fourth-order valence-corrected chi connectivity index (χ4v) is 2.71. The fraction of sp³-hybridized carbons (Fsp3) is 0. The third-order valence-electron chi connectivity index (χ3n) is 3.28. The molecule has 0 saturated heterocycles. The van der Waals surface area contributed by atoms with Gasteiger partial charge in [-0.25, -0.2) is 9.97 Å². The summed E-state index contributed by atoms with van der Waals surface area (Å²) in [5, 5.41) is 15.5. The highest BCUT2D eigenvalue weighted by Gasteiger charge is 2.10. The highest BCUT2D eigenvalue weighted by Crippen LogP contribution is 2.23. The van der Waals surface area contributed by atoms with E-state index in [9.17, 15) is 4.79 Å². The number of anilines is 3. The average Bonchev–Trinajstić information content (AvgIpc) is 2.61. The largest absolute Gasteiger partial charge is 0.340 e. The van der Waals surface area contributed by atoms with Gasteiger partial charge in [-0.05, 0) is 36.4 Å². The van der Waals surface area contributed by atoms with Crippen molar-refractivity contribution in [1.29, 1.82) is 5.26 Å². The molecule has 0 unspecified atom stereocenters. The quantitative estimate of drug-likeness (QED) is 0.683. The van der Waals surface area contributed by atoms with Crippen LogP contribution in [0.25, 0.3) is 0 Å². The van der Waals surface area contributed by atoms with E-state index >= 15 is 0 Å². The van der Waals surface area contributed by atoms with Gasteiger partial charge in [0.25, 0.3) is 5.91 Å². The molecule has 1 heterocycles. The molecule has 2 aromatic carbocycles. The molecule has 0 saturated carbocycles. The normalized spacial score (nSPS) is 10.0. The van der Waals surface area contributed by atoms with Crippen LogP contribution in [-0.2, 0) is 0 Å². The standard InChI is InChI=1S/C18H11Cl2N5O/c19-12-5-13(20)7-15(6-12)25-18(26)16-8-17(23-10-22-16)24-14-3-1-2-11(4-14)9-21/h1-8,10H,(H,25,26)(H,22,23,24). The molecule has 0 aliphatic rings. The molecule has 0 spiro atoms. The number of aromatic nitrogens is 2. The van der Waals surface area contributed by atoms with Crippen LogP contribution in [0.15, 0.2) is 54.9 Å². The van der Waals surface area contributed by atoms with E-state index in [0.29, 0.717) is 32.8 Å². The smallest absolute Gasteiger partial charge is 0.274 e. The van der Waals surface area contributed by atoms with Crippen molar-refractivity contribution in [2.75, 3.05) is 10.6 Å². The summed E-state index contributed by atoms with van der Waals surface area (Å²) in [6.07, 6.45) is 1.27. The second-order valence-electron chi connectivity index (χ2n) is 5.22. The lowest BCUT2D eigenvalue weighted by Gasteiger charge is -2.08. The molecular formula is C18H11Cl2N5O. The molecule has 0 fully saturated rings. The molecule has 26 heavy (non-hydrogen) atoms. The second kappa shape index (κ2) is 7.83. The zero-order valence-corrected chi connectivity index (χ0v) is 14.7. The van der Waals surface area contributed by atoms with Gasteiger partial charge in [0.1, 0.15) is 17.8 Å². The minimum atomic E-state index is -0.431. The Labute approximate surface area is 159 Å². The van der Waals surface area contributed by atoms with Crippen LogP contribution >= 0.6 is 23.2 Å². The zero-order valence-electron chi connectivity index (χ0n) is 13.2. The number of carbonyl (C=O) groups excluding carboxylic acids is 1. The number of hydrogen-bond donors (Lipinski definition) is 2. The molecule has 0 bridgehead atoms. The Morgan fingerprint density at radius 1 is 1.00 bits per heavy atom. The van der Waals surface area contributed by atoms with E-state index in [0.717, 1.165) is 0 Å². The number of nitrogens with one attached hydrogen (secondary N) is 2. The van der Waals surface area contributed by atoms with Gasteiger partial charge >= 0.3 is 0 Å². The molecule has 8 heteroatoms. The minimum absolute atomic E-state index is 0.162. The number of carbonyl (C=O) groups is 1. The molecule has 0 aliphatic heterocycles. The van der Waals surface area contributed by atoms with E-state index in [1.807, 2.05) is 0 Å². The first-order valence-corrected chi connectivity index (χ1v) is 8.16. The summed E-state index contributed by atoms with van der Waals surface area (Å²) in [7, 11) is 0. The summed E-state index contributed by atoms with van der Waals surface area (Å²) in [5.74, 6) is -0.0103. The maximum absolute atomic E-state index is 12.4. The lowest BCUT2D eigenvalue weighted by Crippen LogP contribution is -2.14. The van der Waals surface area contributed by atoms with Crippen LogP contribution in [0.5, 0.6) is 0 Å². The second-order valence-corrected chi connectivity index (χ2v) is 6.09.